The number of amides is 1. The van der Waals surface area contributed by atoms with Crippen LogP contribution in [0.3, 0.4) is 0 Å². The van der Waals surface area contributed by atoms with Crippen molar-refractivity contribution in [2.24, 2.45) is 0 Å². The summed E-state index contributed by atoms with van der Waals surface area (Å²) < 4.78 is 11.8. The van der Waals surface area contributed by atoms with Crippen LogP contribution in [0, 0.1) is 0 Å². The van der Waals surface area contributed by atoms with E-state index in [4.69, 9.17) is 14.6 Å². The maximum atomic E-state index is 12.7. The number of aromatic nitrogens is 4. The Balaban J connectivity index is 1.79. The Labute approximate surface area is 143 Å². The lowest BCUT2D eigenvalue weighted by Gasteiger charge is -2.27. The summed E-state index contributed by atoms with van der Waals surface area (Å²) in [5.41, 5.74) is 1.31. The number of hydrogen-bond acceptors (Lipinski definition) is 8. The molecule has 0 saturated carbocycles. The first-order chi connectivity index (χ1) is 12.1. The van der Waals surface area contributed by atoms with Crippen molar-refractivity contribution in [1.29, 1.82) is 0 Å². The van der Waals surface area contributed by atoms with Gasteiger partial charge in [-0.3, -0.25) is 9.48 Å². The van der Waals surface area contributed by atoms with E-state index < -0.39 is 12.7 Å². The van der Waals surface area contributed by atoms with Gasteiger partial charge in [-0.15, -0.1) is 0 Å². The van der Waals surface area contributed by atoms with Gasteiger partial charge in [0.25, 0.3) is 17.7 Å². The second-order valence-electron chi connectivity index (χ2n) is 5.48. The Morgan fingerprint density at radius 3 is 2.76 bits per heavy atom. The molecule has 10 heteroatoms. The highest BCUT2D eigenvalue weighted by molar-refractivity contribution is 5.92. The second-order valence-corrected chi connectivity index (χ2v) is 5.48. The van der Waals surface area contributed by atoms with Crippen LogP contribution in [-0.2, 0) is 13.1 Å². The summed E-state index contributed by atoms with van der Waals surface area (Å²) in [4.78, 5) is 22.5. The van der Waals surface area contributed by atoms with Crippen LogP contribution in [0.4, 0.5) is 0 Å². The molecule has 1 aliphatic heterocycles. The molecule has 0 aromatic carbocycles. The Kier molecular flexibility index (Phi) is 4.81. The topological polar surface area (TPSA) is 123 Å². The molecule has 0 saturated heterocycles. The first kappa shape index (κ1) is 17.1. The average Bonchev–Trinajstić information content (AvgIpc) is 3.09. The average molecular weight is 349 g/mol. The van der Waals surface area contributed by atoms with Crippen LogP contribution in [0.1, 0.15) is 28.0 Å². The van der Waals surface area contributed by atoms with Gasteiger partial charge >= 0.3 is 0 Å². The van der Waals surface area contributed by atoms with Gasteiger partial charge in [0.1, 0.15) is 6.10 Å². The number of carbonyl (C=O) groups excluding carboxylic acids is 1. The van der Waals surface area contributed by atoms with E-state index in [1.165, 1.54) is 20.4 Å². The largest absolute Gasteiger partial charge is 0.477 e. The summed E-state index contributed by atoms with van der Waals surface area (Å²) in [6.07, 6.45) is 0.315. The zero-order chi connectivity index (χ0) is 18.0. The Hall–Kier alpha value is -2.72. The molecule has 10 nitrogen and oxygen atoms in total. The molecular weight excluding hydrogens is 330 g/mol. The standard InChI is InChI=1S/C15H19N5O5/c1-24-13-14(25-2)17-11(6-16-13)15(23)19-3-4-20-9(7-19)5-10(18-20)12(22)8-21/h5-6,12,21-22H,3-4,7-8H2,1-2H3/t12-/m1/s1. The number of aliphatic hydroxyl groups excluding tert-OH is 2. The molecule has 2 aromatic heterocycles. The first-order valence-corrected chi connectivity index (χ1v) is 7.67. The lowest BCUT2D eigenvalue weighted by molar-refractivity contribution is 0.0697. The van der Waals surface area contributed by atoms with Crippen molar-refractivity contribution >= 4 is 5.91 Å². The molecule has 0 radical (unpaired) electrons. The molecule has 1 aliphatic rings. The third kappa shape index (κ3) is 3.26. The Bertz CT molecular complexity index is 778. The van der Waals surface area contributed by atoms with E-state index in [1.54, 1.807) is 15.6 Å². The maximum Gasteiger partial charge on any atom is 0.278 e. The van der Waals surface area contributed by atoms with E-state index in [0.29, 0.717) is 25.3 Å². The van der Waals surface area contributed by atoms with E-state index in [1.807, 2.05) is 0 Å². The molecule has 0 unspecified atom stereocenters. The summed E-state index contributed by atoms with van der Waals surface area (Å²) in [5.74, 6) is 0.0623. The predicted octanol–water partition coefficient (Wildman–Crippen LogP) is -0.628. The number of carbonyl (C=O) groups is 1. The monoisotopic (exact) mass is 349 g/mol. The van der Waals surface area contributed by atoms with Crippen molar-refractivity contribution in [3.05, 3.63) is 29.3 Å². The molecule has 2 N–H and O–H groups in total. The zero-order valence-corrected chi connectivity index (χ0v) is 13.9. The van der Waals surface area contributed by atoms with Crippen molar-refractivity contribution in [3.63, 3.8) is 0 Å². The smallest absolute Gasteiger partial charge is 0.278 e. The summed E-state index contributed by atoms with van der Waals surface area (Å²) in [6.45, 7) is 0.846. The van der Waals surface area contributed by atoms with Crippen molar-refractivity contribution in [2.45, 2.75) is 19.2 Å². The van der Waals surface area contributed by atoms with E-state index >= 15 is 0 Å². The second kappa shape index (κ2) is 7.03. The van der Waals surface area contributed by atoms with Crippen LogP contribution in [0.2, 0.25) is 0 Å². The number of rotatable bonds is 5. The van der Waals surface area contributed by atoms with Crippen molar-refractivity contribution in [3.8, 4) is 11.8 Å². The summed E-state index contributed by atoms with van der Waals surface area (Å²) >= 11 is 0. The zero-order valence-electron chi connectivity index (χ0n) is 13.9. The fourth-order valence-corrected chi connectivity index (χ4v) is 2.62. The number of nitrogens with zero attached hydrogens (tertiary/aromatic N) is 5. The van der Waals surface area contributed by atoms with Gasteiger partial charge in [-0.1, -0.05) is 0 Å². The number of ether oxygens (including phenoxy) is 2. The molecule has 0 aliphatic carbocycles. The summed E-state index contributed by atoms with van der Waals surface area (Å²) in [5, 5.41) is 23.0. The minimum atomic E-state index is -1.03. The lowest BCUT2D eigenvalue weighted by atomic mass is 10.2. The molecule has 1 atom stereocenters. The molecule has 0 spiro atoms. The molecule has 0 fully saturated rings. The van der Waals surface area contributed by atoms with E-state index in [2.05, 4.69) is 15.1 Å². The number of fused-ring (bicyclic) bond motifs is 1. The molecule has 0 bridgehead atoms. The molecule has 3 heterocycles. The highest BCUT2D eigenvalue weighted by atomic mass is 16.5. The molecule has 2 aromatic rings. The quantitative estimate of drug-likeness (QED) is 0.732. The minimum absolute atomic E-state index is 0.142. The van der Waals surface area contributed by atoms with Crippen LogP contribution >= 0.6 is 0 Å². The van der Waals surface area contributed by atoms with Crippen molar-refractivity contribution < 1.29 is 24.5 Å². The number of methoxy groups -OCH3 is 2. The van der Waals surface area contributed by atoms with Gasteiger partial charge in [-0.05, 0) is 6.07 Å². The SMILES string of the molecule is COc1ncc(C(=O)N2CCn3nc([C@H](O)CO)cc3C2)nc1OC. The normalized spacial score (nSPS) is 14.8. The van der Waals surface area contributed by atoms with Crippen LogP contribution in [0.5, 0.6) is 11.8 Å². The third-order valence-corrected chi connectivity index (χ3v) is 3.93. The van der Waals surface area contributed by atoms with Gasteiger partial charge in [0.05, 0.1) is 51.5 Å². The summed E-state index contributed by atoms with van der Waals surface area (Å²) in [7, 11) is 2.87. The molecule has 25 heavy (non-hydrogen) atoms. The lowest BCUT2D eigenvalue weighted by Crippen LogP contribution is -2.38. The van der Waals surface area contributed by atoms with Gasteiger partial charge in [0.15, 0.2) is 5.69 Å². The fraction of sp³-hybridized carbons (Fsp3) is 0.467. The Morgan fingerprint density at radius 1 is 1.32 bits per heavy atom. The Morgan fingerprint density at radius 2 is 2.08 bits per heavy atom. The highest BCUT2D eigenvalue weighted by Gasteiger charge is 2.26. The van der Waals surface area contributed by atoms with Gasteiger partial charge in [0.2, 0.25) is 0 Å². The van der Waals surface area contributed by atoms with Gasteiger partial charge in [-0.2, -0.15) is 5.10 Å². The van der Waals surface area contributed by atoms with Gasteiger partial charge in [-0.25, -0.2) is 9.97 Å². The molecular formula is C15H19N5O5. The minimum Gasteiger partial charge on any atom is -0.477 e. The first-order valence-electron chi connectivity index (χ1n) is 7.67. The third-order valence-electron chi connectivity index (χ3n) is 3.93. The number of aliphatic hydroxyl groups is 2. The summed E-state index contributed by atoms with van der Waals surface area (Å²) in [6, 6.07) is 1.68. The van der Waals surface area contributed by atoms with Crippen LogP contribution < -0.4 is 9.47 Å². The van der Waals surface area contributed by atoms with Crippen molar-refractivity contribution in [2.75, 3.05) is 27.4 Å². The molecule has 1 amide bonds. The molecule has 134 valence electrons. The maximum absolute atomic E-state index is 12.7. The van der Waals surface area contributed by atoms with Gasteiger partial charge in [0, 0.05) is 6.54 Å². The van der Waals surface area contributed by atoms with Gasteiger partial charge < -0.3 is 24.6 Å². The van der Waals surface area contributed by atoms with Crippen molar-refractivity contribution in [1.82, 2.24) is 24.6 Å². The highest BCUT2D eigenvalue weighted by Crippen LogP contribution is 2.23. The van der Waals surface area contributed by atoms with E-state index in [0.717, 1.165) is 5.69 Å². The van der Waals surface area contributed by atoms with E-state index in [-0.39, 0.29) is 23.4 Å². The van der Waals surface area contributed by atoms with Crippen LogP contribution in [0.25, 0.3) is 0 Å². The van der Waals surface area contributed by atoms with Crippen LogP contribution in [0.15, 0.2) is 12.3 Å². The van der Waals surface area contributed by atoms with Crippen LogP contribution in [-0.4, -0.2) is 68.1 Å². The van der Waals surface area contributed by atoms with E-state index in [9.17, 15) is 9.90 Å². The number of hydrogen-bond donors (Lipinski definition) is 2. The molecule has 3 rings (SSSR count). The predicted molar refractivity (Wildman–Crippen MR) is 84.1 cm³/mol. The fourth-order valence-electron chi connectivity index (χ4n) is 2.62.